The van der Waals surface area contributed by atoms with Crippen LogP contribution in [-0.2, 0) is 31.0 Å². The largest absolute Gasteiger partial charge is 0.489 e. The molecule has 2 heterocycles. The van der Waals surface area contributed by atoms with E-state index in [0.29, 0.717) is 39.1 Å². The van der Waals surface area contributed by atoms with Gasteiger partial charge in [-0.1, -0.05) is 42.5 Å². The highest BCUT2D eigenvalue weighted by Crippen LogP contribution is 2.36. The third-order valence-electron chi connectivity index (χ3n) is 6.47. The molecular weight excluding hydrogens is 456 g/mol. The molecule has 2 aromatic carbocycles. The van der Waals surface area contributed by atoms with Gasteiger partial charge in [0, 0.05) is 20.1 Å². The summed E-state index contributed by atoms with van der Waals surface area (Å²) >= 11 is 0. The maximum Gasteiger partial charge on any atom is 0.309 e. The first-order valence-electron chi connectivity index (χ1n) is 11.7. The lowest BCUT2D eigenvalue weighted by Crippen LogP contribution is -2.46. The lowest BCUT2D eigenvalue weighted by atomic mass is 9.98. The van der Waals surface area contributed by atoms with Crippen molar-refractivity contribution in [3.63, 3.8) is 0 Å². The molecule has 2 atom stereocenters. The van der Waals surface area contributed by atoms with Gasteiger partial charge >= 0.3 is 5.97 Å². The Morgan fingerprint density at radius 1 is 1.06 bits per heavy atom. The number of carbonyl (C=O) groups excluding carboxylic acids is 1. The molecule has 0 amide bonds. The van der Waals surface area contributed by atoms with Crippen molar-refractivity contribution in [3.05, 3.63) is 65.7 Å². The first kappa shape index (κ1) is 24.7. The SMILES string of the molecule is CCOC(=O)C1CCN(S(=O)(=O)[C@H]2CON(C)[C@H]2c2ccc(OCc3ccccc3)cc2)CC1. The van der Waals surface area contributed by atoms with Gasteiger partial charge in [-0.25, -0.2) is 12.7 Å². The Kier molecular flexibility index (Phi) is 7.88. The first-order chi connectivity index (χ1) is 16.4. The zero-order valence-electron chi connectivity index (χ0n) is 19.6. The molecule has 0 unspecified atom stereocenters. The molecule has 2 aromatic rings. The van der Waals surface area contributed by atoms with Gasteiger partial charge in [0.1, 0.15) is 17.6 Å². The minimum atomic E-state index is -3.63. The lowest BCUT2D eigenvalue weighted by Gasteiger charge is -2.33. The lowest BCUT2D eigenvalue weighted by molar-refractivity contribution is -0.149. The zero-order valence-corrected chi connectivity index (χ0v) is 20.4. The number of rotatable bonds is 8. The Balaban J connectivity index is 1.42. The fourth-order valence-corrected chi connectivity index (χ4v) is 6.56. The second-order valence-corrected chi connectivity index (χ2v) is 10.8. The van der Waals surface area contributed by atoms with Crippen LogP contribution in [-0.4, -0.2) is 62.4 Å². The van der Waals surface area contributed by atoms with E-state index < -0.39 is 21.3 Å². The highest BCUT2D eigenvalue weighted by molar-refractivity contribution is 7.89. The van der Waals surface area contributed by atoms with Gasteiger partial charge in [-0.3, -0.25) is 9.63 Å². The first-order valence-corrected chi connectivity index (χ1v) is 13.2. The maximum absolute atomic E-state index is 13.5. The monoisotopic (exact) mass is 488 g/mol. The van der Waals surface area contributed by atoms with Crippen molar-refractivity contribution < 1.29 is 27.5 Å². The van der Waals surface area contributed by atoms with Crippen LogP contribution >= 0.6 is 0 Å². The van der Waals surface area contributed by atoms with E-state index in [9.17, 15) is 13.2 Å². The number of nitrogens with zero attached hydrogens (tertiary/aromatic N) is 2. The van der Waals surface area contributed by atoms with Gasteiger partial charge in [-0.15, -0.1) is 0 Å². The van der Waals surface area contributed by atoms with Gasteiger partial charge in [-0.05, 0) is 43.0 Å². The predicted molar refractivity (Wildman–Crippen MR) is 127 cm³/mol. The summed E-state index contributed by atoms with van der Waals surface area (Å²) in [7, 11) is -1.87. The third kappa shape index (κ3) is 5.43. The van der Waals surface area contributed by atoms with Crippen molar-refractivity contribution in [2.24, 2.45) is 5.92 Å². The highest BCUT2D eigenvalue weighted by atomic mass is 32.2. The van der Waals surface area contributed by atoms with Crippen molar-refractivity contribution in [1.29, 1.82) is 0 Å². The number of ether oxygens (including phenoxy) is 2. The smallest absolute Gasteiger partial charge is 0.309 e. The van der Waals surface area contributed by atoms with E-state index in [4.69, 9.17) is 14.3 Å². The fraction of sp³-hybridized carbons (Fsp3) is 0.480. The molecule has 0 aliphatic carbocycles. The second-order valence-electron chi connectivity index (χ2n) is 8.64. The molecule has 2 aliphatic rings. The summed E-state index contributed by atoms with van der Waals surface area (Å²) in [4.78, 5) is 17.7. The van der Waals surface area contributed by atoms with Gasteiger partial charge in [0.25, 0.3) is 0 Å². The molecule has 2 saturated heterocycles. The van der Waals surface area contributed by atoms with Crippen LogP contribution in [0.5, 0.6) is 5.75 Å². The summed E-state index contributed by atoms with van der Waals surface area (Å²) in [5, 5.41) is 0.890. The van der Waals surface area contributed by atoms with Crippen LogP contribution in [0.25, 0.3) is 0 Å². The van der Waals surface area contributed by atoms with Crippen LogP contribution in [0.3, 0.4) is 0 Å². The van der Waals surface area contributed by atoms with E-state index in [2.05, 4.69) is 0 Å². The molecule has 34 heavy (non-hydrogen) atoms. The zero-order chi connectivity index (χ0) is 24.1. The van der Waals surface area contributed by atoms with Crippen LogP contribution in [0, 0.1) is 5.92 Å². The van der Waals surface area contributed by atoms with Gasteiger partial charge < -0.3 is 9.47 Å². The van der Waals surface area contributed by atoms with E-state index in [-0.39, 0.29) is 18.5 Å². The van der Waals surface area contributed by atoms with E-state index in [1.807, 2.05) is 54.6 Å². The molecular formula is C25H32N2O6S. The number of hydrogen-bond donors (Lipinski definition) is 0. The van der Waals surface area contributed by atoms with Crippen LogP contribution in [0.15, 0.2) is 54.6 Å². The molecule has 8 nitrogen and oxygen atoms in total. The molecule has 0 bridgehead atoms. The average Bonchev–Trinajstić information content (AvgIpc) is 3.26. The quantitative estimate of drug-likeness (QED) is 0.528. The number of hydroxylamine groups is 2. The molecule has 0 saturated carbocycles. The number of benzene rings is 2. The Labute approximate surface area is 201 Å². The van der Waals surface area contributed by atoms with Crippen LogP contribution in [0.4, 0.5) is 0 Å². The number of esters is 1. The van der Waals surface area contributed by atoms with Crippen LogP contribution in [0.2, 0.25) is 0 Å². The van der Waals surface area contributed by atoms with Gasteiger partial charge in [-0.2, -0.15) is 5.06 Å². The predicted octanol–water partition coefficient (Wildman–Crippen LogP) is 3.16. The van der Waals surface area contributed by atoms with Crippen molar-refractivity contribution in [3.8, 4) is 5.75 Å². The fourth-order valence-electron chi connectivity index (χ4n) is 4.57. The number of carbonyl (C=O) groups is 1. The van der Waals surface area contributed by atoms with Crippen molar-refractivity contribution in [2.45, 2.75) is 37.7 Å². The molecule has 184 valence electrons. The van der Waals surface area contributed by atoms with Gasteiger partial charge in [0.05, 0.1) is 25.2 Å². The molecule has 0 N–H and O–H groups in total. The summed E-state index contributed by atoms with van der Waals surface area (Å²) in [6, 6.07) is 17.0. The van der Waals surface area contributed by atoms with Crippen LogP contribution < -0.4 is 4.74 Å². The summed E-state index contributed by atoms with van der Waals surface area (Å²) < 4.78 is 39.5. The molecule has 2 aliphatic heterocycles. The van der Waals surface area contributed by atoms with Gasteiger partial charge in [0.2, 0.25) is 10.0 Å². The Hall–Kier alpha value is -2.46. The molecule has 4 rings (SSSR count). The minimum Gasteiger partial charge on any atom is -0.489 e. The Morgan fingerprint density at radius 3 is 2.38 bits per heavy atom. The molecule has 9 heteroatoms. The number of piperidine rings is 1. The summed E-state index contributed by atoms with van der Waals surface area (Å²) in [5.74, 6) is 0.235. The van der Waals surface area contributed by atoms with E-state index in [0.717, 1.165) is 16.9 Å². The maximum atomic E-state index is 13.5. The van der Waals surface area contributed by atoms with Gasteiger partial charge in [0.15, 0.2) is 0 Å². The van der Waals surface area contributed by atoms with E-state index in [1.165, 1.54) is 4.31 Å². The Morgan fingerprint density at radius 2 is 1.74 bits per heavy atom. The normalized spacial score (nSPS) is 22.5. The molecule has 0 spiro atoms. The number of sulfonamides is 1. The van der Waals surface area contributed by atoms with E-state index >= 15 is 0 Å². The summed E-state index contributed by atoms with van der Waals surface area (Å²) in [6.07, 6.45) is 0.944. The van der Waals surface area contributed by atoms with Crippen LogP contribution in [0.1, 0.15) is 36.9 Å². The number of hydrogen-bond acceptors (Lipinski definition) is 7. The molecule has 0 radical (unpaired) electrons. The minimum absolute atomic E-state index is 0.0908. The standard InChI is InChI=1S/C25H32N2O6S/c1-3-31-25(28)21-13-15-27(16-14-21)34(29,30)23-18-33-26(2)24(23)20-9-11-22(12-10-20)32-17-19-7-5-4-6-8-19/h4-12,21,23-24H,3,13-18H2,1-2H3/t23-,24-/m0/s1. The molecule has 2 fully saturated rings. The molecule has 0 aromatic heterocycles. The summed E-state index contributed by atoms with van der Waals surface area (Å²) in [5.41, 5.74) is 1.93. The highest BCUT2D eigenvalue weighted by Gasteiger charge is 2.46. The van der Waals surface area contributed by atoms with Crippen molar-refractivity contribution >= 4 is 16.0 Å². The topological polar surface area (TPSA) is 85.4 Å². The van der Waals surface area contributed by atoms with Crippen molar-refractivity contribution in [1.82, 2.24) is 9.37 Å². The third-order valence-corrected chi connectivity index (χ3v) is 8.72. The Bertz CT molecular complexity index is 1050. The summed E-state index contributed by atoms with van der Waals surface area (Å²) in [6.45, 7) is 3.28. The van der Waals surface area contributed by atoms with E-state index in [1.54, 1.807) is 19.0 Å². The van der Waals surface area contributed by atoms with Crippen molar-refractivity contribution in [2.75, 3.05) is 33.4 Å². The second kappa shape index (κ2) is 10.9. The average molecular weight is 489 g/mol.